The van der Waals surface area contributed by atoms with Gasteiger partial charge in [-0.25, -0.2) is 4.79 Å². The molecule has 0 aromatic heterocycles. The van der Waals surface area contributed by atoms with E-state index in [2.05, 4.69) is 12.1 Å². The fraction of sp³-hybridized carbons (Fsp3) is 0.375. The van der Waals surface area contributed by atoms with Gasteiger partial charge >= 0.3 is 12.1 Å². The van der Waals surface area contributed by atoms with Gasteiger partial charge in [0.05, 0.1) is 0 Å². The third-order valence-electron chi connectivity index (χ3n) is 5.49. The van der Waals surface area contributed by atoms with Crippen molar-refractivity contribution in [1.82, 2.24) is 9.80 Å². The van der Waals surface area contributed by atoms with Crippen LogP contribution in [0.2, 0.25) is 0 Å². The average molecular weight is 424 g/mol. The van der Waals surface area contributed by atoms with Crippen molar-refractivity contribution in [2.45, 2.75) is 25.2 Å². The Labute approximate surface area is 182 Å². The number of carboxylic acid groups (broad SMARTS) is 1. The highest BCUT2D eigenvalue weighted by molar-refractivity contribution is 5.80. The SMILES string of the molecule is CN(C)C(=O)CCCCN(CC(=O)O)C(=O)OCC1c2ccccc2-c2ccccc21. The molecule has 0 saturated heterocycles. The fourth-order valence-electron chi connectivity index (χ4n) is 3.89. The summed E-state index contributed by atoms with van der Waals surface area (Å²) in [5.41, 5.74) is 4.46. The molecule has 164 valence electrons. The first kappa shape index (κ1) is 22.3. The van der Waals surface area contributed by atoms with E-state index in [-0.39, 0.29) is 25.0 Å². The van der Waals surface area contributed by atoms with Crippen molar-refractivity contribution in [1.29, 1.82) is 0 Å². The van der Waals surface area contributed by atoms with Crippen LogP contribution in [0, 0.1) is 0 Å². The van der Waals surface area contributed by atoms with E-state index in [1.54, 1.807) is 14.1 Å². The summed E-state index contributed by atoms with van der Waals surface area (Å²) in [6.07, 6.45) is 0.808. The minimum atomic E-state index is -1.10. The number of carbonyl (C=O) groups excluding carboxylic acids is 2. The highest BCUT2D eigenvalue weighted by Crippen LogP contribution is 2.44. The van der Waals surface area contributed by atoms with E-state index >= 15 is 0 Å². The van der Waals surface area contributed by atoms with Gasteiger partial charge in [0, 0.05) is 33.0 Å². The zero-order valence-corrected chi connectivity index (χ0v) is 17.9. The predicted molar refractivity (Wildman–Crippen MR) is 117 cm³/mol. The number of ether oxygens (including phenoxy) is 1. The number of aliphatic carboxylic acids is 1. The molecule has 3 rings (SSSR count). The maximum atomic E-state index is 12.7. The predicted octanol–water partition coefficient (Wildman–Crippen LogP) is 3.58. The molecule has 0 fully saturated rings. The van der Waals surface area contributed by atoms with E-state index in [4.69, 9.17) is 4.74 Å². The molecule has 2 aromatic rings. The quantitative estimate of drug-likeness (QED) is 0.622. The Kier molecular flexibility index (Phi) is 7.28. The number of carbonyl (C=O) groups is 3. The molecule has 7 heteroatoms. The molecule has 1 aliphatic carbocycles. The van der Waals surface area contributed by atoms with Crippen LogP contribution in [0.15, 0.2) is 48.5 Å². The van der Waals surface area contributed by atoms with Crippen LogP contribution in [0.3, 0.4) is 0 Å². The fourth-order valence-corrected chi connectivity index (χ4v) is 3.89. The van der Waals surface area contributed by atoms with Crippen LogP contribution < -0.4 is 0 Å². The molecule has 0 radical (unpaired) electrons. The van der Waals surface area contributed by atoms with Gasteiger partial charge in [-0.05, 0) is 35.1 Å². The number of nitrogens with zero attached hydrogens (tertiary/aromatic N) is 2. The second-order valence-corrected chi connectivity index (χ2v) is 7.86. The van der Waals surface area contributed by atoms with Crippen molar-refractivity contribution in [3.8, 4) is 11.1 Å². The number of unbranched alkanes of at least 4 members (excludes halogenated alkanes) is 1. The minimum absolute atomic E-state index is 0.00549. The molecule has 0 atom stereocenters. The van der Waals surface area contributed by atoms with Crippen molar-refractivity contribution in [3.05, 3.63) is 59.7 Å². The molecule has 31 heavy (non-hydrogen) atoms. The summed E-state index contributed by atoms with van der Waals surface area (Å²) in [7, 11) is 3.38. The van der Waals surface area contributed by atoms with Gasteiger partial charge in [-0.3, -0.25) is 14.5 Å². The highest BCUT2D eigenvalue weighted by atomic mass is 16.6. The largest absolute Gasteiger partial charge is 0.480 e. The van der Waals surface area contributed by atoms with Crippen LogP contribution in [-0.2, 0) is 14.3 Å². The van der Waals surface area contributed by atoms with Crippen molar-refractivity contribution >= 4 is 18.0 Å². The van der Waals surface area contributed by atoms with Crippen molar-refractivity contribution in [2.75, 3.05) is 33.8 Å². The Hall–Kier alpha value is -3.35. The summed E-state index contributed by atoms with van der Waals surface area (Å²) >= 11 is 0. The summed E-state index contributed by atoms with van der Waals surface area (Å²) in [4.78, 5) is 38.3. The monoisotopic (exact) mass is 424 g/mol. The van der Waals surface area contributed by atoms with Gasteiger partial charge < -0.3 is 14.7 Å². The Morgan fingerprint density at radius 1 is 0.935 bits per heavy atom. The number of hydrogen-bond donors (Lipinski definition) is 1. The van der Waals surface area contributed by atoms with Gasteiger partial charge in [-0.1, -0.05) is 48.5 Å². The topological polar surface area (TPSA) is 87.2 Å². The van der Waals surface area contributed by atoms with Crippen LogP contribution in [0.1, 0.15) is 36.3 Å². The van der Waals surface area contributed by atoms with Crippen molar-refractivity contribution < 1.29 is 24.2 Å². The molecule has 0 heterocycles. The smallest absolute Gasteiger partial charge is 0.410 e. The van der Waals surface area contributed by atoms with E-state index < -0.39 is 18.6 Å². The second kappa shape index (κ2) is 10.1. The molecule has 7 nitrogen and oxygen atoms in total. The van der Waals surface area contributed by atoms with E-state index in [1.807, 2.05) is 36.4 Å². The van der Waals surface area contributed by atoms with Gasteiger partial charge in [0.2, 0.25) is 5.91 Å². The first-order chi connectivity index (χ1) is 14.9. The molecular formula is C24H28N2O5. The van der Waals surface area contributed by atoms with E-state index in [9.17, 15) is 19.5 Å². The third kappa shape index (κ3) is 5.42. The van der Waals surface area contributed by atoms with E-state index in [1.165, 1.54) is 9.80 Å². The van der Waals surface area contributed by atoms with Gasteiger partial charge in [0.1, 0.15) is 13.2 Å². The Balaban J connectivity index is 1.62. The molecule has 0 bridgehead atoms. The first-order valence-electron chi connectivity index (χ1n) is 10.4. The van der Waals surface area contributed by atoms with Crippen LogP contribution >= 0.6 is 0 Å². The molecule has 0 unspecified atom stereocenters. The van der Waals surface area contributed by atoms with Crippen LogP contribution in [-0.4, -0.2) is 66.7 Å². The van der Waals surface area contributed by atoms with Gasteiger partial charge in [-0.2, -0.15) is 0 Å². The number of fused-ring (bicyclic) bond motifs is 3. The van der Waals surface area contributed by atoms with Crippen LogP contribution in [0.5, 0.6) is 0 Å². The molecule has 1 aliphatic rings. The summed E-state index contributed by atoms with van der Waals surface area (Å²) in [6, 6.07) is 16.1. The standard InChI is InChI=1S/C24H28N2O5/c1-25(2)22(27)13-7-8-14-26(15-23(28)29)24(30)31-16-21-19-11-5-3-9-17(19)18-10-4-6-12-20(18)21/h3-6,9-12,21H,7-8,13-16H2,1-2H3,(H,28,29). The van der Waals surface area contributed by atoms with Crippen LogP contribution in [0.25, 0.3) is 11.1 Å². The average Bonchev–Trinajstić information content (AvgIpc) is 3.07. The molecule has 2 aromatic carbocycles. The lowest BCUT2D eigenvalue weighted by Crippen LogP contribution is -2.37. The second-order valence-electron chi connectivity index (χ2n) is 7.86. The first-order valence-corrected chi connectivity index (χ1v) is 10.4. The zero-order valence-electron chi connectivity index (χ0n) is 17.9. The highest BCUT2D eigenvalue weighted by Gasteiger charge is 2.30. The summed E-state index contributed by atoms with van der Waals surface area (Å²) in [6.45, 7) is -0.0654. The number of benzene rings is 2. The van der Waals surface area contributed by atoms with Crippen LogP contribution in [0.4, 0.5) is 4.79 Å². The lowest BCUT2D eigenvalue weighted by Gasteiger charge is -2.22. The molecule has 2 amide bonds. The number of hydrogen-bond acceptors (Lipinski definition) is 4. The number of rotatable bonds is 9. The van der Waals surface area contributed by atoms with Crippen molar-refractivity contribution in [2.24, 2.45) is 0 Å². The summed E-state index contributed by atoms with van der Waals surface area (Å²) in [5, 5.41) is 9.18. The molecular weight excluding hydrogens is 396 g/mol. The van der Waals surface area contributed by atoms with Gasteiger partial charge in [-0.15, -0.1) is 0 Å². The third-order valence-corrected chi connectivity index (χ3v) is 5.49. The van der Waals surface area contributed by atoms with Gasteiger partial charge in [0.15, 0.2) is 0 Å². The number of amides is 2. The maximum absolute atomic E-state index is 12.7. The molecule has 1 N–H and O–H groups in total. The lowest BCUT2D eigenvalue weighted by molar-refractivity contribution is -0.138. The summed E-state index contributed by atoms with van der Waals surface area (Å²) < 4.78 is 5.57. The normalized spacial score (nSPS) is 12.1. The van der Waals surface area contributed by atoms with E-state index in [0.717, 1.165) is 22.3 Å². The summed E-state index contributed by atoms with van der Waals surface area (Å²) in [5.74, 6) is -1.18. The Morgan fingerprint density at radius 2 is 1.52 bits per heavy atom. The Bertz CT molecular complexity index is 911. The number of carboxylic acids is 1. The molecule has 0 spiro atoms. The molecule has 0 saturated carbocycles. The maximum Gasteiger partial charge on any atom is 0.410 e. The van der Waals surface area contributed by atoms with Gasteiger partial charge in [0.25, 0.3) is 0 Å². The lowest BCUT2D eigenvalue weighted by atomic mass is 9.98. The molecule has 0 aliphatic heterocycles. The van der Waals surface area contributed by atoms with E-state index in [0.29, 0.717) is 19.3 Å². The Morgan fingerprint density at radius 3 is 2.06 bits per heavy atom. The zero-order chi connectivity index (χ0) is 22.4. The minimum Gasteiger partial charge on any atom is -0.480 e. The van der Waals surface area contributed by atoms with Crippen molar-refractivity contribution in [3.63, 3.8) is 0 Å².